The first-order chi connectivity index (χ1) is 22.2. The van der Waals surface area contributed by atoms with Crippen LogP contribution in [0.3, 0.4) is 0 Å². The molecule has 3 aromatic rings. The van der Waals surface area contributed by atoms with Crippen LogP contribution in [0.2, 0.25) is 0 Å². The Morgan fingerprint density at radius 1 is 1.02 bits per heavy atom. The predicted octanol–water partition coefficient (Wildman–Crippen LogP) is 2.16. The summed E-state index contributed by atoms with van der Waals surface area (Å²) in [5.41, 5.74) is 3.90. The van der Waals surface area contributed by atoms with Crippen molar-refractivity contribution in [3.63, 3.8) is 0 Å². The van der Waals surface area contributed by atoms with Crippen molar-refractivity contribution in [1.29, 1.82) is 0 Å². The van der Waals surface area contributed by atoms with Gasteiger partial charge in [-0.1, -0.05) is 30.3 Å². The van der Waals surface area contributed by atoms with E-state index in [4.69, 9.17) is 0 Å². The summed E-state index contributed by atoms with van der Waals surface area (Å²) in [7, 11) is 0. The van der Waals surface area contributed by atoms with Crippen molar-refractivity contribution in [3.8, 4) is 0 Å². The minimum Gasteiger partial charge on any atom is -0.344 e. The van der Waals surface area contributed by atoms with Crippen molar-refractivity contribution in [2.75, 3.05) is 19.6 Å². The first-order valence-corrected chi connectivity index (χ1v) is 16.6. The van der Waals surface area contributed by atoms with E-state index in [0.717, 1.165) is 28.9 Å². The molecule has 4 amide bonds. The van der Waals surface area contributed by atoms with Gasteiger partial charge < -0.3 is 20.4 Å². The van der Waals surface area contributed by atoms with E-state index < -0.39 is 12.1 Å². The highest BCUT2D eigenvalue weighted by atomic mass is 16.2. The van der Waals surface area contributed by atoms with Gasteiger partial charge in [-0.15, -0.1) is 0 Å². The van der Waals surface area contributed by atoms with Gasteiger partial charge in [-0.25, -0.2) is 9.50 Å². The summed E-state index contributed by atoms with van der Waals surface area (Å²) in [5.74, 6) is 0.351. The van der Waals surface area contributed by atoms with Crippen molar-refractivity contribution in [2.24, 2.45) is 11.8 Å². The first-order valence-electron chi connectivity index (χ1n) is 16.6. The van der Waals surface area contributed by atoms with Gasteiger partial charge in [-0.2, -0.15) is 10.1 Å². The van der Waals surface area contributed by atoms with E-state index >= 15 is 0 Å². The molecule has 0 aliphatic carbocycles. The molecule has 0 unspecified atom stereocenters. The number of fused-ring (bicyclic) bond motifs is 5. The fourth-order valence-electron chi connectivity index (χ4n) is 7.67. The highest BCUT2D eigenvalue weighted by Gasteiger charge is 2.44. The van der Waals surface area contributed by atoms with Gasteiger partial charge in [0, 0.05) is 49.9 Å². The third-order valence-electron chi connectivity index (χ3n) is 10.0. The molecule has 3 aliphatic rings. The second-order valence-electron chi connectivity index (χ2n) is 13.2. The molecule has 5 atom stereocenters. The maximum absolute atomic E-state index is 13.9. The number of carbonyl (C=O) groups is 4. The average molecular weight is 629 g/mol. The van der Waals surface area contributed by atoms with Gasteiger partial charge in [0.25, 0.3) is 5.78 Å². The summed E-state index contributed by atoms with van der Waals surface area (Å²) in [6, 6.07) is 8.34. The summed E-state index contributed by atoms with van der Waals surface area (Å²) in [4.78, 5) is 66.4. The Balaban J connectivity index is 1.11. The number of aromatic nitrogens is 4. The lowest BCUT2D eigenvalue weighted by atomic mass is 9.77. The van der Waals surface area contributed by atoms with E-state index in [9.17, 15) is 19.2 Å². The number of nitrogens with one attached hydrogen (secondary N) is 2. The minimum absolute atomic E-state index is 0.0940. The highest BCUT2D eigenvalue weighted by molar-refractivity contribution is 5.92. The van der Waals surface area contributed by atoms with Gasteiger partial charge in [0.1, 0.15) is 18.4 Å². The minimum atomic E-state index is -0.718. The van der Waals surface area contributed by atoms with Crippen LogP contribution in [0.15, 0.2) is 36.7 Å². The Kier molecular flexibility index (Phi) is 9.32. The van der Waals surface area contributed by atoms with Crippen molar-refractivity contribution < 1.29 is 19.2 Å². The molecule has 46 heavy (non-hydrogen) atoms. The first kappa shape index (κ1) is 31.6. The van der Waals surface area contributed by atoms with Crippen LogP contribution >= 0.6 is 0 Å². The Morgan fingerprint density at radius 3 is 2.63 bits per heavy atom. The van der Waals surface area contributed by atoms with E-state index in [2.05, 4.69) is 25.7 Å². The summed E-state index contributed by atoms with van der Waals surface area (Å²) in [6.45, 7) is 7.38. The Morgan fingerprint density at radius 2 is 1.83 bits per heavy atom. The molecule has 0 spiro atoms. The van der Waals surface area contributed by atoms with Crippen molar-refractivity contribution in [1.82, 2.24) is 40.0 Å². The molecular weight excluding hydrogens is 584 g/mol. The van der Waals surface area contributed by atoms with Crippen molar-refractivity contribution in [3.05, 3.63) is 59.2 Å². The number of hydrogen-bond acceptors (Lipinski definition) is 7. The second-order valence-corrected chi connectivity index (χ2v) is 13.2. The van der Waals surface area contributed by atoms with E-state index in [1.807, 2.05) is 54.0 Å². The molecule has 6 rings (SSSR count). The molecule has 0 saturated carbocycles. The molecule has 2 N–H and O–H groups in total. The Hall–Kier alpha value is -4.35. The van der Waals surface area contributed by atoms with Gasteiger partial charge in [-0.05, 0) is 82.3 Å². The number of nitrogens with zero attached hydrogens (tertiary/aromatic N) is 6. The fraction of sp³-hybridized carbons (Fsp3) is 0.559. The van der Waals surface area contributed by atoms with Gasteiger partial charge in [0.05, 0.1) is 0 Å². The number of likely N-dealkylation sites (tertiary alicyclic amines) is 1. The number of carbonyl (C=O) groups excluding carboxylic acids is 4. The molecule has 2 aromatic heterocycles. The molecule has 12 heteroatoms. The van der Waals surface area contributed by atoms with Gasteiger partial charge in [0.2, 0.25) is 23.6 Å². The van der Waals surface area contributed by atoms with E-state index in [0.29, 0.717) is 63.9 Å². The number of hydrogen-bond donors (Lipinski definition) is 2. The van der Waals surface area contributed by atoms with Gasteiger partial charge >= 0.3 is 0 Å². The van der Waals surface area contributed by atoms with Crippen LogP contribution in [0.1, 0.15) is 68.0 Å². The lowest BCUT2D eigenvalue weighted by molar-refractivity contribution is -0.148. The molecule has 3 saturated heterocycles. The normalized spacial score (nSPS) is 25.7. The lowest BCUT2D eigenvalue weighted by Crippen LogP contribution is -2.63. The van der Waals surface area contributed by atoms with E-state index in [-0.39, 0.29) is 47.9 Å². The quantitative estimate of drug-likeness (QED) is 0.426. The molecule has 5 heterocycles. The molecule has 244 valence electrons. The van der Waals surface area contributed by atoms with Gasteiger partial charge in [-0.3, -0.25) is 19.2 Å². The van der Waals surface area contributed by atoms with Crippen LogP contribution in [0.25, 0.3) is 5.78 Å². The third-order valence-corrected chi connectivity index (χ3v) is 10.0. The van der Waals surface area contributed by atoms with Crippen molar-refractivity contribution >= 4 is 29.4 Å². The van der Waals surface area contributed by atoms with Crippen LogP contribution in [-0.4, -0.2) is 90.8 Å². The highest BCUT2D eigenvalue weighted by Crippen LogP contribution is 2.36. The molecule has 2 bridgehead atoms. The molecule has 3 fully saturated rings. The molecule has 3 aliphatic heterocycles. The van der Waals surface area contributed by atoms with Gasteiger partial charge in [0.15, 0.2) is 0 Å². The second kappa shape index (κ2) is 13.6. The summed E-state index contributed by atoms with van der Waals surface area (Å²) >= 11 is 0. The van der Waals surface area contributed by atoms with Crippen LogP contribution in [-0.2, 0) is 32.0 Å². The topological polar surface area (TPSA) is 142 Å². The number of rotatable bonds is 6. The van der Waals surface area contributed by atoms with Crippen LogP contribution in [0.5, 0.6) is 0 Å². The number of benzene rings is 1. The summed E-state index contributed by atoms with van der Waals surface area (Å²) in [6.07, 6.45) is 6.02. The zero-order valence-corrected chi connectivity index (χ0v) is 26.9. The Bertz CT molecular complexity index is 1610. The number of amides is 4. The smallest absolute Gasteiger partial charge is 0.252 e. The zero-order chi connectivity index (χ0) is 32.4. The third kappa shape index (κ3) is 6.75. The van der Waals surface area contributed by atoms with E-state index in [1.54, 1.807) is 11.4 Å². The van der Waals surface area contributed by atoms with Crippen LogP contribution < -0.4 is 10.6 Å². The predicted molar refractivity (Wildman–Crippen MR) is 170 cm³/mol. The number of aryl methyl sites for hydroxylation is 3. The monoisotopic (exact) mass is 628 g/mol. The largest absolute Gasteiger partial charge is 0.344 e. The van der Waals surface area contributed by atoms with E-state index in [1.165, 1.54) is 6.33 Å². The average Bonchev–Trinajstić information content (AvgIpc) is 3.51. The molecular formula is C34H44N8O4. The summed E-state index contributed by atoms with van der Waals surface area (Å²) in [5, 5.41) is 10.1. The fourth-order valence-corrected chi connectivity index (χ4v) is 7.67. The molecule has 1 aromatic carbocycles. The van der Waals surface area contributed by atoms with Crippen LogP contribution in [0, 0.1) is 25.7 Å². The SMILES string of the molecule is Cc1nc2ncnn2c(C)c1CCC(=O)N1C[C@@H]2C[C@H](C1)[C@@H]1CCCC(=O)N[C@@H](CCc3ccccc3)C(=O)N[C@H](C)C(=O)N1C2. The summed E-state index contributed by atoms with van der Waals surface area (Å²) < 4.78 is 1.71. The molecule has 12 nitrogen and oxygen atoms in total. The maximum atomic E-state index is 13.9. The maximum Gasteiger partial charge on any atom is 0.252 e. The molecule has 0 radical (unpaired) electrons. The lowest BCUT2D eigenvalue weighted by Gasteiger charge is -2.51. The Labute approximate surface area is 269 Å². The van der Waals surface area contributed by atoms with Crippen LogP contribution in [0.4, 0.5) is 0 Å². The standard InChI is InChI=1S/C34H44N8O4/c1-21-27(23(3)42-34(38-21)35-20-36-42)13-15-31(44)40-17-25-16-26(19-40)29-10-7-11-30(43)39-28(14-12-24-8-5-4-6-9-24)32(45)37-22(2)33(46)41(29)18-25/h4-6,8-9,20,22,25-26,28-29H,7,10-19H2,1-3H3,(H,37,45)(H,39,43)/t22-,25+,26-,28+,29+/m1/s1. The van der Waals surface area contributed by atoms with Crippen molar-refractivity contribution in [2.45, 2.75) is 90.3 Å². The zero-order valence-electron chi connectivity index (χ0n) is 26.9. The number of piperidine rings is 2.